The number of aliphatic carboxylic acids is 1. The monoisotopic (exact) mass is 251 g/mol. The highest BCUT2D eigenvalue weighted by Gasteiger charge is 2.24. The van der Waals surface area contributed by atoms with Gasteiger partial charge >= 0.3 is 5.97 Å². The molecule has 0 radical (unpaired) electrons. The maximum Gasteiger partial charge on any atom is 0.326 e. The largest absolute Gasteiger partial charge is 0.507 e. The van der Waals surface area contributed by atoms with E-state index in [0.29, 0.717) is 0 Å². The van der Waals surface area contributed by atoms with Crippen LogP contribution in [-0.4, -0.2) is 28.1 Å². The van der Waals surface area contributed by atoms with Crippen molar-refractivity contribution in [1.29, 1.82) is 0 Å². The molecule has 0 fully saturated rings. The molecule has 5 nitrogen and oxygen atoms in total. The van der Waals surface area contributed by atoms with Gasteiger partial charge in [0, 0.05) is 0 Å². The van der Waals surface area contributed by atoms with Crippen molar-refractivity contribution in [2.75, 3.05) is 0 Å². The fourth-order valence-electron chi connectivity index (χ4n) is 1.56. The molecule has 5 heteroatoms. The fraction of sp³-hybridized carbons (Fsp3) is 0.385. The Kier molecular flexibility index (Phi) is 4.31. The summed E-state index contributed by atoms with van der Waals surface area (Å²) in [5, 5.41) is 21.0. The van der Waals surface area contributed by atoms with E-state index in [9.17, 15) is 14.7 Å². The van der Waals surface area contributed by atoms with Gasteiger partial charge in [0.2, 0.25) is 0 Å². The highest BCUT2D eigenvalue weighted by atomic mass is 16.4. The second kappa shape index (κ2) is 5.53. The lowest BCUT2D eigenvalue weighted by atomic mass is 10.0. The van der Waals surface area contributed by atoms with Crippen LogP contribution < -0.4 is 5.32 Å². The number of hydrogen-bond acceptors (Lipinski definition) is 3. The van der Waals surface area contributed by atoms with E-state index in [1.165, 1.54) is 12.1 Å². The summed E-state index contributed by atoms with van der Waals surface area (Å²) in [5.74, 6) is -2.08. The Hall–Kier alpha value is -2.04. The van der Waals surface area contributed by atoms with Crippen LogP contribution in [0.3, 0.4) is 0 Å². The summed E-state index contributed by atoms with van der Waals surface area (Å²) < 4.78 is 0. The minimum Gasteiger partial charge on any atom is -0.507 e. The summed E-state index contributed by atoms with van der Waals surface area (Å²) in [4.78, 5) is 22.9. The topological polar surface area (TPSA) is 86.6 Å². The highest BCUT2D eigenvalue weighted by molar-refractivity contribution is 5.99. The lowest BCUT2D eigenvalue weighted by Gasteiger charge is -2.18. The third-order valence-corrected chi connectivity index (χ3v) is 2.62. The van der Waals surface area contributed by atoms with Crippen LogP contribution in [0, 0.1) is 12.8 Å². The van der Waals surface area contributed by atoms with E-state index >= 15 is 0 Å². The molecule has 18 heavy (non-hydrogen) atoms. The molecule has 0 aromatic heterocycles. The molecule has 98 valence electrons. The normalized spacial score (nSPS) is 12.2. The Balaban J connectivity index is 2.94. The van der Waals surface area contributed by atoms with Crippen LogP contribution in [0.2, 0.25) is 0 Å². The number of amides is 1. The number of nitrogens with one attached hydrogen (secondary N) is 1. The van der Waals surface area contributed by atoms with Crippen molar-refractivity contribution in [3.8, 4) is 5.75 Å². The number of rotatable bonds is 4. The van der Waals surface area contributed by atoms with Gasteiger partial charge in [0.25, 0.3) is 5.91 Å². The summed E-state index contributed by atoms with van der Waals surface area (Å²) in [6.45, 7) is 5.19. The van der Waals surface area contributed by atoms with E-state index in [1.807, 2.05) is 0 Å². The molecule has 1 unspecified atom stereocenters. The van der Waals surface area contributed by atoms with Gasteiger partial charge in [0.05, 0.1) is 5.56 Å². The zero-order valence-electron chi connectivity index (χ0n) is 10.6. The van der Waals surface area contributed by atoms with Crippen molar-refractivity contribution in [1.82, 2.24) is 5.32 Å². The van der Waals surface area contributed by atoms with Gasteiger partial charge in [-0.1, -0.05) is 25.5 Å². The Morgan fingerprint density at radius 1 is 1.28 bits per heavy atom. The lowest BCUT2D eigenvalue weighted by Crippen LogP contribution is -2.44. The van der Waals surface area contributed by atoms with Gasteiger partial charge in [-0.05, 0) is 25.0 Å². The zero-order chi connectivity index (χ0) is 13.9. The van der Waals surface area contributed by atoms with Gasteiger partial charge < -0.3 is 15.5 Å². The number of aromatic hydroxyl groups is 1. The van der Waals surface area contributed by atoms with Gasteiger partial charge in [0.1, 0.15) is 11.8 Å². The number of phenols is 1. The molecule has 0 bridgehead atoms. The first-order valence-electron chi connectivity index (χ1n) is 5.66. The minimum atomic E-state index is -1.09. The standard InChI is InChI=1S/C13H17NO4/c1-7(2)11(13(17)18)14-12(16)9-6-8(3)4-5-10(9)15/h4-7,11,15H,1-3H3,(H,14,16)(H,17,18). The molecule has 0 aliphatic rings. The third-order valence-electron chi connectivity index (χ3n) is 2.62. The molecular weight excluding hydrogens is 234 g/mol. The number of aryl methyl sites for hydroxylation is 1. The minimum absolute atomic E-state index is 0.0851. The van der Waals surface area contributed by atoms with Crippen molar-refractivity contribution in [2.45, 2.75) is 26.8 Å². The van der Waals surface area contributed by atoms with Crippen LogP contribution in [0.1, 0.15) is 29.8 Å². The Bertz CT molecular complexity index is 468. The molecule has 1 amide bonds. The van der Waals surface area contributed by atoms with Gasteiger partial charge in [-0.2, -0.15) is 0 Å². The molecule has 3 N–H and O–H groups in total. The van der Waals surface area contributed by atoms with E-state index in [4.69, 9.17) is 5.11 Å². The van der Waals surface area contributed by atoms with E-state index in [1.54, 1.807) is 26.8 Å². The molecule has 0 aliphatic carbocycles. The van der Waals surface area contributed by atoms with Gasteiger partial charge in [-0.25, -0.2) is 4.79 Å². The summed E-state index contributed by atoms with van der Waals surface area (Å²) in [7, 11) is 0. The average Bonchev–Trinajstić information content (AvgIpc) is 2.28. The SMILES string of the molecule is Cc1ccc(O)c(C(=O)NC(C(=O)O)C(C)C)c1. The molecular formula is C13H17NO4. The molecule has 0 heterocycles. The maximum absolute atomic E-state index is 11.9. The fourth-order valence-corrected chi connectivity index (χ4v) is 1.56. The first kappa shape index (κ1) is 14.0. The number of carboxylic acids is 1. The highest BCUT2D eigenvalue weighted by Crippen LogP contribution is 2.18. The van der Waals surface area contributed by atoms with E-state index in [-0.39, 0.29) is 17.2 Å². The van der Waals surface area contributed by atoms with Crippen molar-refractivity contribution in [3.63, 3.8) is 0 Å². The second-order valence-electron chi connectivity index (χ2n) is 4.55. The number of phenolic OH excluding ortho intramolecular Hbond substituents is 1. The summed E-state index contributed by atoms with van der Waals surface area (Å²) >= 11 is 0. The first-order chi connectivity index (χ1) is 8.32. The van der Waals surface area contributed by atoms with Crippen molar-refractivity contribution < 1.29 is 19.8 Å². The smallest absolute Gasteiger partial charge is 0.326 e. The predicted octanol–water partition coefficient (Wildman–Crippen LogP) is 1.54. The number of hydrogen-bond donors (Lipinski definition) is 3. The Morgan fingerprint density at radius 3 is 2.39 bits per heavy atom. The second-order valence-corrected chi connectivity index (χ2v) is 4.55. The molecule has 0 spiro atoms. The Morgan fingerprint density at radius 2 is 1.89 bits per heavy atom. The maximum atomic E-state index is 11.9. The van der Waals surface area contributed by atoms with Crippen LogP contribution in [0.5, 0.6) is 5.75 Å². The third kappa shape index (κ3) is 3.23. The van der Waals surface area contributed by atoms with Crippen LogP contribution in [0.4, 0.5) is 0 Å². The first-order valence-corrected chi connectivity index (χ1v) is 5.66. The quantitative estimate of drug-likeness (QED) is 0.757. The molecule has 0 saturated heterocycles. The summed E-state index contributed by atoms with van der Waals surface area (Å²) in [6.07, 6.45) is 0. The average molecular weight is 251 g/mol. The van der Waals surface area contributed by atoms with Crippen molar-refractivity contribution in [3.05, 3.63) is 29.3 Å². The predicted molar refractivity (Wildman–Crippen MR) is 66.6 cm³/mol. The molecule has 1 rings (SSSR count). The number of carbonyl (C=O) groups excluding carboxylic acids is 1. The molecule has 0 saturated carbocycles. The van der Waals surface area contributed by atoms with Crippen LogP contribution in [0.25, 0.3) is 0 Å². The Labute approximate surface area is 105 Å². The van der Waals surface area contributed by atoms with Gasteiger partial charge in [-0.3, -0.25) is 4.79 Å². The van der Waals surface area contributed by atoms with Gasteiger partial charge in [0.15, 0.2) is 0 Å². The van der Waals surface area contributed by atoms with E-state index < -0.39 is 17.9 Å². The molecule has 1 aromatic carbocycles. The lowest BCUT2D eigenvalue weighted by molar-refractivity contribution is -0.140. The zero-order valence-corrected chi connectivity index (χ0v) is 10.6. The van der Waals surface area contributed by atoms with Crippen molar-refractivity contribution >= 4 is 11.9 Å². The van der Waals surface area contributed by atoms with Crippen LogP contribution >= 0.6 is 0 Å². The van der Waals surface area contributed by atoms with E-state index in [0.717, 1.165) is 5.56 Å². The number of carboxylic acid groups (broad SMARTS) is 1. The van der Waals surface area contributed by atoms with E-state index in [2.05, 4.69) is 5.32 Å². The molecule has 1 atom stereocenters. The summed E-state index contributed by atoms with van der Waals surface area (Å²) in [6, 6.07) is 3.63. The van der Waals surface area contributed by atoms with Crippen LogP contribution in [-0.2, 0) is 4.79 Å². The number of carbonyl (C=O) groups is 2. The molecule has 0 aliphatic heterocycles. The summed E-state index contributed by atoms with van der Waals surface area (Å²) in [5.41, 5.74) is 0.899. The van der Waals surface area contributed by atoms with Crippen molar-refractivity contribution in [2.24, 2.45) is 5.92 Å². The van der Waals surface area contributed by atoms with Gasteiger partial charge in [-0.15, -0.1) is 0 Å². The van der Waals surface area contributed by atoms with Crippen LogP contribution in [0.15, 0.2) is 18.2 Å². The molecule has 1 aromatic rings. The number of benzene rings is 1.